The third-order valence-corrected chi connectivity index (χ3v) is 4.19. The first-order valence-corrected chi connectivity index (χ1v) is 8.29. The van der Waals surface area contributed by atoms with Crippen molar-refractivity contribution in [3.8, 4) is 5.75 Å². The van der Waals surface area contributed by atoms with Crippen molar-refractivity contribution in [3.05, 3.63) is 23.8 Å². The number of aryl methyl sites for hydroxylation is 1. The van der Waals surface area contributed by atoms with Crippen molar-refractivity contribution >= 4 is 5.69 Å². The van der Waals surface area contributed by atoms with Crippen LogP contribution in [0.5, 0.6) is 5.75 Å². The maximum atomic E-state index is 8.95. The third-order valence-electron chi connectivity index (χ3n) is 4.19. The van der Waals surface area contributed by atoms with Crippen molar-refractivity contribution in [2.24, 2.45) is 0 Å². The number of β-amino-alcohol motifs (C(OH)–C–C–N with tert-alkyl or cyclic N) is 1. The van der Waals surface area contributed by atoms with Gasteiger partial charge in [-0.1, -0.05) is 6.07 Å². The molecule has 0 aromatic heterocycles. The normalized spacial score (nSPS) is 16.8. The van der Waals surface area contributed by atoms with Crippen LogP contribution in [-0.4, -0.2) is 67.4 Å². The molecule has 22 heavy (non-hydrogen) atoms. The van der Waals surface area contributed by atoms with Gasteiger partial charge in [-0.05, 0) is 44.0 Å². The molecule has 0 unspecified atom stereocenters. The van der Waals surface area contributed by atoms with Crippen LogP contribution >= 0.6 is 0 Å². The Hall–Kier alpha value is -1.30. The van der Waals surface area contributed by atoms with E-state index in [9.17, 15) is 0 Å². The van der Waals surface area contributed by atoms with Crippen molar-refractivity contribution < 1.29 is 9.84 Å². The molecule has 0 atom stereocenters. The van der Waals surface area contributed by atoms with Crippen LogP contribution < -0.4 is 10.5 Å². The van der Waals surface area contributed by atoms with Gasteiger partial charge in [0.15, 0.2) is 0 Å². The molecule has 0 bridgehead atoms. The lowest BCUT2D eigenvalue weighted by atomic mass is 10.1. The van der Waals surface area contributed by atoms with Crippen molar-refractivity contribution in [3.63, 3.8) is 0 Å². The first-order chi connectivity index (χ1) is 10.7. The zero-order chi connectivity index (χ0) is 15.8. The van der Waals surface area contributed by atoms with Crippen molar-refractivity contribution in [2.75, 3.05) is 58.2 Å². The maximum Gasteiger partial charge on any atom is 0.142 e. The standard InChI is InChI=1S/C17H29N3O2/c1-2-22-17-6-5-15(14-16(17)18)4-3-7-19-8-10-20(11-9-19)12-13-21/h5-6,14,21H,2-4,7-13,18H2,1H3. The molecule has 0 aliphatic carbocycles. The molecule has 3 N–H and O–H groups in total. The summed E-state index contributed by atoms with van der Waals surface area (Å²) in [7, 11) is 0. The van der Waals surface area contributed by atoms with E-state index >= 15 is 0 Å². The lowest BCUT2D eigenvalue weighted by Crippen LogP contribution is -2.47. The zero-order valence-corrected chi connectivity index (χ0v) is 13.6. The van der Waals surface area contributed by atoms with Gasteiger partial charge in [0.2, 0.25) is 0 Å². The molecule has 5 heteroatoms. The summed E-state index contributed by atoms with van der Waals surface area (Å²) >= 11 is 0. The Balaban J connectivity index is 1.69. The van der Waals surface area contributed by atoms with Crippen LogP contribution in [0, 0.1) is 0 Å². The molecule has 1 heterocycles. The highest BCUT2D eigenvalue weighted by Gasteiger charge is 2.15. The molecule has 0 saturated carbocycles. The fourth-order valence-electron chi connectivity index (χ4n) is 2.93. The van der Waals surface area contributed by atoms with E-state index in [1.165, 1.54) is 5.56 Å². The highest BCUT2D eigenvalue weighted by Crippen LogP contribution is 2.23. The van der Waals surface area contributed by atoms with Crippen LogP contribution in [0.15, 0.2) is 18.2 Å². The quantitative estimate of drug-likeness (QED) is 0.707. The number of nitrogens with two attached hydrogens (primary N) is 1. The van der Waals surface area contributed by atoms with E-state index in [4.69, 9.17) is 15.6 Å². The first kappa shape index (κ1) is 17.1. The molecular formula is C17H29N3O2. The van der Waals surface area contributed by atoms with Gasteiger partial charge >= 0.3 is 0 Å². The molecule has 0 radical (unpaired) electrons. The summed E-state index contributed by atoms with van der Waals surface area (Å²) in [6, 6.07) is 6.12. The number of piperazine rings is 1. The van der Waals surface area contributed by atoms with Crippen LogP contribution in [0.4, 0.5) is 5.69 Å². The van der Waals surface area contributed by atoms with Gasteiger partial charge in [0, 0.05) is 32.7 Å². The molecule has 1 aliphatic heterocycles. The number of hydrogen-bond donors (Lipinski definition) is 2. The Morgan fingerprint density at radius 2 is 1.82 bits per heavy atom. The van der Waals surface area contributed by atoms with E-state index in [-0.39, 0.29) is 6.61 Å². The number of aliphatic hydroxyl groups is 1. The highest BCUT2D eigenvalue weighted by atomic mass is 16.5. The molecule has 1 aromatic carbocycles. The second-order valence-electron chi connectivity index (χ2n) is 5.82. The number of benzene rings is 1. The summed E-state index contributed by atoms with van der Waals surface area (Å²) in [6.45, 7) is 9.14. The maximum absolute atomic E-state index is 8.95. The Morgan fingerprint density at radius 3 is 2.41 bits per heavy atom. The summed E-state index contributed by atoms with van der Waals surface area (Å²) in [4.78, 5) is 4.83. The number of nitrogen functional groups attached to an aromatic ring is 1. The predicted molar refractivity (Wildman–Crippen MR) is 90.3 cm³/mol. The van der Waals surface area contributed by atoms with Crippen LogP contribution in [0.25, 0.3) is 0 Å². The van der Waals surface area contributed by atoms with Crippen molar-refractivity contribution in [1.29, 1.82) is 0 Å². The fourth-order valence-corrected chi connectivity index (χ4v) is 2.93. The number of aliphatic hydroxyl groups excluding tert-OH is 1. The lowest BCUT2D eigenvalue weighted by molar-refractivity contribution is 0.112. The molecule has 1 fully saturated rings. The van der Waals surface area contributed by atoms with Crippen molar-refractivity contribution in [1.82, 2.24) is 9.80 Å². The van der Waals surface area contributed by atoms with Gasteiger partial charge in [0.05, 0.1) is 18.9 Å². The molecule has 1 aliphatic rings. The van der Waals surface area contributed by atoms with Crippen LogP contribution in [0.1, 0.15) is 18.9 Å². The molecule has 124 valence electrons. The SMILES string of the molecule is CCOc1ccc(CCCN2CCN(CCO)CC2)cc1N. The molecular weight excluding hydrogens is 278 g/mol. The Kier molecular flexibility index (Phi) is 6.96. The summed E-state index contributed by atoms with van der Waals surface area (Å²) in [5.41, 5.74) is 8.02. The van der Waals surface area contributed by atoms with E-state index in [1.807, 2.05) is 19.1 Å². The van der Waals surface area contributed by atoms with Gasteiger partial charge in [0.1, 0.15) is 5.75 Å². The monoisotopic (exact) mass is 307 g/mol. The average molecular weight is 307 g/mol. The Labute approximate surface area is 133 Å². The average Bonchev–Trinajstić information content (AvgIpc) is 2.52. The minimum absolute atomic E-state index is 0.263. The minimum Gasteiger partial charge on any atom is -0.492 e. The first-order valence-electron chi connectivity index (χ1n) is 8.29. The second-order valence-corrected chi connectivity index (χ2v) is 5.82. The van der Waals surface area contributed by atoms with Gasteiger partial charge in [-0.2, -0.15) is 0 Å². The smallest absolute Gasteiger partial charge is 0.142 e. The molecule has 1 aromatic rings. The van der Waals surface area contributed by atoms with E-state index in [2.05, 4.69) is 15.9 Å². The van der Waals surface area contributed by atoms with Gasteiger partial charge in [-0.25, -0.2) is 0 Å². The third kappa shape index (κ3) is 5.16. The van der Waals surface area contributed by atoms with Crippen molar-refractivity contribution in [2.45, 2.75) is 19.8 Å². The Morgan fingerprint density at radius 1 is 1.14 bits per heavy atom. The largest absolute Gasteiger partial charge is 0.492 e. The number of anilines is 1. The lowest BCUT2D eigenvalue weighted by Gasteiger charge is -2.34. The van der Waals surface area contributed by atoms with Crippen LogP contribution in [0.2, 0.25) is 0 Å². The molecule has 5 nitrogen and oxygen atoms in total. The van der Waals surface area contributed by atoms with Gasteiger partial charge in [0.25, 0.3) is 0 Å². The summed E-state index contributed by atoms with van der Waals surface area (Å²) in [5.74, 6) is 0.784. The number of ether oxygens (including phenoxy) is 1. The summed E-state index contributed by atoms with van der Waals surface area (Å²) in [6.07, 6.45) is 2.20. The van der Waals surface area contributed by atoms with E-state index in [0.29, 0.717) is 6.61 Å². The van der Waals surface area contributed by atoms with E-state index in [0.717, 1.165) is 63.5 Å². The fraction of sp³-hybridized carbons (Fsp3) is 0.647. The Bertz CT molecular complexity index is 446. The predicted octanol–water partition coefficient (Wildman–Crippen LogP) is 1.21. The second kappa shape index (κ2) is 8.98. The van der Waals surface area contributed by atoms with Gasteiger partial charge < -0.3 is 20.5 Å². The molecule has 1 saturated heterocycles. The van der Waals surface area contributed by atoms with Gasteiger partial charge in [-0.15, -0.1) is 0 Å². The number of nitrogens with zero attached hydrogens (tertiary/aromatic N) is 2. The van der Waals surface area contributed by atoms with Crippen LogP contribution in [0.3, 0.4) is 0 Å². The minimum atomic E-state index is 0.263. The highest BCUT2D eigenvalue weighted by molar-refractivity contribution is 5.54. The number of hydrogen-bond acceptors (Lipinski definition) is 5. The summed E-state index contributed by atoms with van der Waals surface area (Å²) in [5, 5.41) is 8.95. The number of rotatable bonds is 8. The summed E-state index contributed by atoms with van der Waals surface area (Å²) < 4.78 is 5.47. The van der Waals surface area contributed by atoms with Gasteiger partial charge in [-0.3, -0.25) is 4.90 Å². The van der Waals surface area contributed by atoms with E-state index in [1.54, 1.807) is 0 Å². The topological polar surface area (TPSA) is 62.0 Å². The van der Waals surface area contributed by atoms with Crippen LogP contribution in [-0.2, 0) is 6.42 Å². The molecule has 0 amide bonds. The zero-order valence-electron chi connectivity index (χ0n) is 13.6. The molecule has 0 spiro atoms. The molecule has 2 rings (SSSR count). The van der Waals surface area contributed by atoms with E-state index < -0.39 is 0 Å².